The second-order valence-corrected chi connectivity index (χ2v) is 3.90. The van der Waals surface area contributed by atoms with E-state index in [-0.39, 0.29) is 0 Å². The molecule has 5 heteroatoms. The number of aromatic amines is 1. The highest BCUT2D eigenvalue weighted by Crippen LogP contribution is 2.21. The largest absolute Gasteiger partial charge is 0.382 e. The summed E-state index contributed by atoms with van der Waals surface area (Å²) in [6.07, 6.45) is 0. The molecule has 0 aliphatic heterocycles. The van der Waals surface area contributed by atoms with Crippen molar-refractivity contribution >= 4 is 16.9 Å². The first kappa shape index (κ1) is 9.77. The van der Waals surface area contributed by atoms with E-state index in [0.29, 0.717) is 5.82 Å². The summed E-state index contributed by atoms with van der Waals surface area (Å²) in [5.74, 6) is 1.33. The van der Waals surface area contributed by atoms with Gasteiger partial charge in [0, 0.05) is 5.56 Å². The van der Waals surface area contributed by atoms with Gasteiger partial charge in [0.2, 0.25) is 0 Å². The Bertz CT molecular complexity index is 669. The Labute approximate surface area is 97.7 Å². The minimum absolute atomic E-state index is 0.423. The summed E-state index contributed by atoms with van der Waals surface area (Å²) >= 11 is 0. The number of rotatable bonds is 1. The fraction of sp³-hybridized carbons (Fsp3) is 0.0833. The number of aromatic nitrogens is 4. The summed E-state index contributed by atoms with van der Waals surface area (Å²) in [6, 6.07) is 9.54. The maximum Gasteiger partial charge on any atom is 0.146 e. The number of nitrogens with one attached hydrogen (secondary N) is 1. The number of nitrogens with zero attached hydrogens (tertiary/aromatic N) is 3. The van der Waals surface area contributed by atoms with Gasteiger partial charge in [-0.2, -0.15) is 0 Å². The molecular weight excluding hydrogens is 214 g/mol. The van der Waals surface area contributed by atoms with Crippen molar-refractivity contribution in [3.05, 3.63) is 36.2 Å². The molecule has 0 aliphatic carbocycles. The van der Waals surface area contributed by atoms with E-state index in [1.165, 1.54) is 0 Å². The maximum atomic E-state index is 5.51. The topological polar surface area (TPSA) is 80.5 Å². The van der Waals surface area contributed by atoms with Gasteiger partial charge in [-0.15, -0.1) is 10.2 Å². The number of nitrogens with two attached hydrogens (primary N) is 1. The van der Waals surface area contributed by atoms with Crippen molar-refractivity contribution in [1.82, 2.24) is 20.2 Å². The van der Waals surface area contributed by atoms with E-state index in [2.05, 4.69) is 20.2 Å². The number of H-pyrrole nitrogens is 1. The molecule has 84 valence electrons. The van der Waals surface area contributed by atoms with Crippen LogP contribution in [0, 0.1) is 6.92 Å². The van der Waals surface area contributed by atoms with Crippen molar-refractivity contribution in [2.24, 2.45) is 0 Å². The van der Waals surface area contributed by atoms with Crippen LogP contribution < -0.4 is 5.73 Å². The predicted octanol–water partition coefficient (Wildman–Crippen LogP) is 1.91. The SMILES string of the molecule is Cc1nc2ccc(-c3ccc(N)nn3)cc2[nH]1. The van der Waals surface area contributed by atoms with Gasteiger partial charge < -0.3 is 10.7 Å². The van der Waals surface area contributed by atoms with Crippen LogP contribution in [0.3, 0.4) is 0 Å². The standard InChI is InChI=1S/C12H11N5/c1-7-14-10-3-2-8(6-11(10)15-7)9-4-5-12(13)17-16-9/h2-6H,1H3,(H2,13,17)(H,14,15). The molecule has 2 heterocycles. The Morgan fingerprint density at radius 3 is 2.76 bits per heavy atom. The van der Waals surface area contributed by atoms with Crippen LogP contribution in [0.4, 0.5) is 5.82 Å². The first-order valence-electron chi connectivity index (χ1n) is 5.28. The van der Waals surface area contributed by atoms with Crippen molar-refractivity contribution < 1.29 is 0 Å². The van der Waals surface area contributed by atoms with Crippen molar-refractivity contribution in [3.8, 4) is 11.3 Å². The summed E-state index contributed by atoms with van der Waals surface area (Å²) in [5, 5.41) is 7.90. The number of fused-ring (bicyclic) bond motifs is 1. The third-order valence-electron chi connectivity index (χ3n) is 2.58. The summed E-state index contributed by atoms with van der Waals surface area (Å²) < 4.78 is 0. The molecule has 17 heavy (non-hydrogen) atoms. The third-order valence-corrected chi connectivity index (χ3v) is 2.58. The number of imidazole rings is 1. The molecule has 5 nitrogen and oxygen atoms in total. The fourth-order valence-electron chi connectivity index (χ4n) is 1.79. The molecule has 0 atom stereocenters. The Balaban J connectivity index is 2.13. The number of anilines is 1. The van der Waals surface area contributed by atoms with E-state index < -0.39 is 0 Å². The van der Waals surface area contributed by atoms with Crippen LogP contribution >= 0.6 is 0 Å². The van der Waals surface area contributed by atoms with E-state index in [1.54, 1.807) is 6.07 Å². The smallest absolute Gasteiger partial charge is 0.146 e. The molecule has 0 radical (unpaired) electrons. The molecule has 0 spiro atoms. The van der Waals surface area contributed by atoms with Crippen LogP contribution in [0.25, 0.3) is 22.3 Å². The van der Waals surface area contributed by atoms with Crippen LogP contribution in [0.15, 0.2) is 30.3 Å². The molecule has 3 aromatic rings. The summed E-state index contributed by atoms with van der Waals surface area (Å²) in [7, 11) is 0. The van der Waals surface area contributed by atoms with Crippen molar-refractivity contribution in [3.63, 3.8) is 0 Å². The molecule has 3 N–H and O–H groups in total. The zero-order chi connectivity index (χ0) is 11.8. The molecule has 0 bridgehead atoms. The van der Waals surface area contributed by atoms with Crippen molar-refractivity contribution in [1.29, 1.82) is 0 Å². The third kappa shape index (κ3) is 1.71. The van der Waals surface area contributed by atoms with Crippen LogP contribution in [0.2, 0.25) is 0 Å². The number of hydrogen-bond donors (Lipinski definition) is 2. The number of hydrogen-bond acceptors (Lipinski definition) is 4. The van der Waals surface area contributed by atoms with Gasteiger partial charge in [-0.05, 0) is 31.2 Å². The van der Waals surface area contributed by atoms with Crippen LogP contribution in [0.1, 0.15) is 5.82 Å². The Kier molecular flexibility index (Phi) is 2.04. The van der Waals surface area contributed by atoms with E-state index in [1.807, 2.05) is 31.2 Å². The first-order chi connectivity index (χ1) is 8.22. The molecule has 0 unspecified atom stereocenters. The number of nitrogen functional groups attached to an aromatic ring is 1. The molecule has 0 saturated heterocycles. The molecule has 0 saturated carbocycles. The molecule has 1 aromatic carbocycles. The fourth-order valence-corrected chi connectivity index (χ4v) is 1.79. The van der Waals surface area contributed by atoms with Gasteiger partial charge in [-0.1, -0.05) is 6.07 Å². The van der Waals surface area contributed by atoms with E-state index in [4.69, 9.17) is 5.73 Å². The minimum Gasteiger partial charge on any atom is -0.382 e. The normalized spacial score (nSPS) is 10.9. The van der Waals surface area contributed by atoms with Gasteiger partial charge in [0.1, 0.15) is 11.6 Å². The van der Waals surface area contributed by atoms with Crippen LogP contribution in [-0.2, 0) is 0 Å². The predicted molar refractivity (Wildman–Crippen MR) is 66.3 cm³/mol. The van der Waals surface area contributed by atoms with Gasteiger partial charge in [0.05, 0.1) is 16.7 Å². The average Bonchev–Trinajstić information content (AvgIpc) is 2.69. The quantitative estimate of drug-likeness (QED) is 0.663. The Morgan fingerprint density at radius 2 is 2.00 bits per heavy atom. The monoisotopic (exact) mass is 225 g/mol. The molecule has 0 amide bonds. The van der Waals surface area contributed by atoms with Gasteiger partial charge in [0.15, 0.2) is 0 Å². The first-order valence-corrected chi connectivity index (χ1v) is 5.28. The van der Waals surface area contributed by atoms with Crippen LogP contribution in [-0.4, -0.2) is 20.2 Å². The highest BCUT2D eigenvalue weighted by atomic mass is 15.1. The summed E-state index contributed by atoms with van der Waals surface area (Å²) in [4.78, 5) is 7.55. The summed E-state index contributed by atoms with van der Waals surface area (Å²) in [6.45, 7) is 1.93. The van der Waals surface area contributed by atoms with Crippen LogP contribution in [0.5, 0.6) is 0 Å². The lowest BCUT2D eigenvalue weighted by Crippen LogP contribution is -1.93. The van der Waals surface area contributed by atoms with Gasteiger partial charge in [-0.25, -0.2) is 4.98 Å². The molecule has 0 aliphatic rings. The van der Waals surface area contributed by atoms with E-state index in [0.717, 1.165) is 28.1 Å². The van der Waals surface area contributed by atoms with Crippen molar-refractivity contribution in [2.75, 3.05) is 5.73 Å². The van der Waals surface area contributed by atoms with Gasteiger partial charge in [-0.3, -0.25) is 0 Å². The zero-order valence-corrected chi connectivity index (χ0v) is 9.31. The second-order valence-electron chi connectivity index (χ2n) is 3.90. The number of benzene rings is 1. The van der Waals surface area contributed by atoms with Crippen molar-refractivity contribution in [2.45, 2.75) is 6.92 Å². The average molecular weight is 225 g/mol. The Morgan fingerprint density at radius 1 is 1.12 bits per heavy atom. The minimum atomic E-state index is 0.423. The highest BCUT2D eigenvalue weighted by molar-refractivity contribution is 5.81. The highest BCUT2D eigenvalue weighted by Gasteiger charge is 2.04. The summed E-state index contributed by atoms with van der Waals surface area (Å²) in [5.41, 5.74) is 9.25. The van der Waals surface area contributed by atoms with E-state index >= 15 is 0 Å². The van der Waals surface area contributed by atoms with E-state index in [9.17, 15) is 0 Å². The molecule has 0 fully saturated rings. The molecule has 2 aromatic heterocycles. The maximum absolute atomic E-state index is 5.51. The van der Waals surface area contributed by atoms with Gasteiger partial charge in [0.25, 0.3) is 0 Å². The second kappa shape index (κ2) is 3.55. The lowest BCUT2D eigenvalue weighted by Gasteiger charge is -1.99. The lowest BCUT2D eigenvalue weighted by molar-refractivity contribution is 1.05. The Hall–Kier alpha value is -2.43. The lowest BCUT2D eigenvalue weighted by atomic mass is 10.1. The molecular formula is C12H11N5. The zero-order valence-electron chi connectivity index (χ0n) is 9.31. The molecule has 3 rings (SSSR count). The number of aryl methyl sites for hydroxylation is 1. The van der Waals surface area contributed by atoms with Gasteiger partial charge >= 0.3 is 0 Å².